The van der Waals surface area contributed by atoms with Crippen molar-refractivity contribution in [3.05, 3.63) is 65.7 Å². The first-order chi connectivity index (χ1) is 14.0. The molecule has 0 atom stereocenters. The van der Waals surface area contributed by atoms with Crippen LogP contribution in [-0.4, -0.2) is 36.1 Å². The topological polar surface area (TPSA) is 50.8 Å². The first kappa shape index (κ1) is 23.6. The van der Waals surface area contributed by atoms with Crippen LogP contribution in [0.25, 0.3) is 0 Å². The van der Waals surface area contributed by atoms with Gasteiger partial charge in [-0.3, -0.25) is 4.57 Å². The van der Waals surface area contributed by atoms with Crippen LogP contribution in [0, 0.1) is 0 Å². The van der Waals surface area contributed by atoms with Gasteiger partial charge in [-0.25, -0.2) is 0 Å². The highest BCUT2D eigenvalue weighted by atomic mass is 32.1. The molecule has 0 aliphatic carbocycles. The highest BCUT2D eigenvalue weighted by Crippen LogP contribution is 2.48. The zero-order valence-electron chi connectivity index (χ0n) is 17.5. The Hall–Kier alpha value is -1.72. The molecule has 5 nitrogen and oxygen atoms in total. The van der Waals surface area contributed by atoms with E-state index in [1.54, 1.807) is 0 Å². The van der Waals surface area contributed by atoms with Crippen LogP contribution >= 0.6 is 19.8 Å². The van der Waals surface area contributed by atoms with Gasteiger partial charge in [-0.2, -0.15) is 0 Å². The summed E-state index contributed by atoms with van der Waals surface area (Å²) >= 11 is 5.65. The summed E-state index contributed by atoms with van der Waals surface area (Å²) in [5.74, 6) is 0. The molecule has 1 N–H and O–H groups in total. The molecule has 0 amide bonds. The summed E-state index contributed by atoms with van der Waals surface area (Å²) in [5, 5.41) is 3.77. The van der Waals surface area contributed by atoms with Gasteiger partial charge in [0.25, 0.3) is 0 Å². The first-order valence-electron chi connectivity index (χ1n) is 10.1. The van der Waals surface area contributed by atoms with Crippen molar-refractivity contribution in [3.63, 3.8) is 0 Å². The summed E-state index contributed by atoms with van der Waals surface area (Å²) in [5.41, 5.74) is 3.36. The second-order valence-corrected chi connectivity index (χ2v) is 8.98. The van der Waals surface area contributed by atoms with Crippen molar-refractivity contribution in [1.29, 1.82) is 0 Å². The van der Waals surface area contributed by atoms with E-state index in [1.807, 2.05) is 49.1 Å². The summed E-state index contributed by atoms with van der Waals surface area (Å²) in [7, 11) is -3.27. The third-order valence-corrected chi connectivity index (χ3v) is 6.76. The van der Waals surface area contributed by atoms with Gasteiger partial charge in [0, 0.05) is 12.2 Å². The normalized spacial score (nSPS) is 11.3. The van der Waals surface area contributed by atoms with Gasteiger partial charge in [0.05, 0.1) is 13.2 Å². The van der Waals surface area contributed by atoms with Gasteiger partial charge in [-0.05, 0) is 62.2 Å². The molecule has 0 aliphatic heterocycles. The predicted molar refractivity (Wildman–Crippen MR) is 125 cm³/mol. The lowest BCUT2D eigenvalue weighted by atomic mass is 10.1. The Kier molecular flexibility index (Phi) is 9.82. The summed E-state index contributed by atoms with van der Waals surface area (Å²) in [6.45, 7) is 6.99. The third kappa shape index (κ3) is 7.90. The number of nitrogens with zero attached hydrogens (tertiary/aromatic N) is 1. The molecule has 29 heavy (non-hydrogen) atoms. The van der Waals surface area contributed by atoms with Crippen LogP contribution in [0.1, 0.15) is 31.9 Å². The Morgan fingerprint density at radius 2 is 1.59 bits per heavy atom. The quantitative estimate of drug-likeness (QED) is 0.361. The molecular weight excluding hydrogens is 403 g/mol. The zero-order valence-corrected chi connectivity index (χ0v) is 19.2. The Balaban J connectivity index is 2.14. The smallest absolute Gasteiger partial charge is 0.337 e. The van der Waals surface area contributed by atoms with E-state index in [-0.39, 0.29) is 6.29 Å². The Bertz CT molecular complexity index is 789. The predicted octanol–water partition coefficient (Wildman–Crippen LogP) is 5.71. The number of rotatable bonds is 11. The average molecular weight is 435 g/mol. The fraction of sp³-hybridized carbons (Fsp3) is 0.409. The minimum absolute atomic E-state index is 0.111. The van der Waals surface area contributed by atoms with Gasteiger partial charge >= 0.3 is 7.60 Å². The molecule has 0 aromatic heterocycles. The van der Waals surface area contributed by atoms with Crippen molar-refractivity contribution >= 4 is 30.6 Å². The fourth-order valence-corrected chi connectivity index (χ4v) is 4.99. The van der Waals surface area contributed by atoms with Crippen LogP contribution in [0.15, 0.2) is 54.6 Å². The lowest BCUT2D eigenvalue weighted by molar-refractivity contribution is 0.210. The van der Waals surface area contributed by atoms with Crippen molar-refractivity contribution in [2.75, 3.05) is 31.4 Å². The minimum atomic E-state index is -3.27. The second kappa shape index (κ2) is 12.1. The van der Waals surface area contributed by atoms with E-state index in [0.29, 0.717) is 24.9 Å². The number of benzene rings is 2. The molecule has 0 bridgehead atoms. The molecule has 2 rings (SSSR count). The lowest BCUT2D eigenvalue weighted by Crippen LogP contribution is -2.37. The molecule has 0 saturated carbocycles. The monoisotopic (exact) mass is 434 g/mol. The summed E-state index contributed by atoms with van der Waals surface area (Å²) in [6, 6.07) is 18.3. The van der Waals surface area contributed by atoms with Crippen LogP contribution < -0.4 is 5.32 Å². The highest BCUT2D eigenvalue weighted by Gasteiger charge is 2.28. The van der Waals surface area contributed by atoms with E-state index < -0.39 is 7.60 Å². The molecule has 0 heterocycles. The van der Waals surface area contributed by atoms with E-state index in [9.17, 15) is 4.57 Å². The number of hydrogen-bond donors (Lipinski definition) is 1. The molecule has 2 aromatic carbocycles. The highest BCUT2D eigenvalue weighted by molar-refractivity contribution is 7.80. The maximum Gasteiger partial charge on any atom is 0.349 e. The van der Waals surface area contributed by atoms with E-state index in [1.165, 1.54) is 11.1 Å². The summed E-state index contributed by atoms with van der Waals surface area (Å²) < 4.78 is 24.1. The van der Waals surface area contributed by atoms with E-state index >= 15 is 0 Å². The third-order valence-electron chi connectivity index (χ3n) is 4.41. The lowest BCUT2D eigenvalue weighted by Gasteiger charge is -2.29. The number of hydrogen-bond acceptors (Lipinski definition) is 4. The SMILES string of the molecule is CCOP(=O)(CN(CCc1ccccc1)C(=S)Nc1ccc(CC)cc1)OCC. The number of thiocarbonyl (C=S) groups is 1. The van der Waals surface area contributed by atoms with Crippen molar-refractivity contribution in [2.45, 2.75) is 33.6 Å². The maximum absolute atomic E-state index is 13.1. The van der Waals surface area contributed by atoms with E-state index in [0.717, 1.165) is 18.5 Å². The minimum Gasteiger partial charge on any atom is -0.337 e. The van der Waals surface area contributed by atoms with Crippen molar-refractivity contribution in [1.82, 2.24) is 4.90 Å². The molecule has 0 unspecified atom stereocenters. The maximum atomic E-state index is 13.1. The molecule has 7 heteroatoms. The molecule has 2 aromatic rings. The van der Waals surface area contributed by atoms with Gasteiger partial charge < -0.3 is 19.3 Å². The summed E-state index contributed by atoms with van der Waals surface area (Å²) in [4.78, 5) is 1.88. The number of aryl methyl sites for hydroxylation is 1. The zero-order chi connectivity index (χ0) is 21.1. The summed E-state index contributed by atoms with van der Waals surface area (Å²) in [6.07, 6.45) is 1.87. The Labute approximate surface area is 179 Å². The van der Waals surface area contributed by atoms with E-state index in [2.05, 4.69) is 36.5 Å². The number of nitrogens with one attached hydrogen (secondary N) is 1. The van der Waals surface area contributed by atoms with Crippen molar-refractivity contribution in [2.24, 2.45) is 0 Å². The van der Waals surface area contributed by atoms with Crippen LogP contribution in [0.3, 0.4) is 0 Å². The molecule has 0 saturated heterocycles. The van der Waals surface area contributed by atoms with Crippen LogP contribution in [0.5, 0.6) is 0 Å². The van der Waals surface area contributed by atoms with E-state index in [4.69, 9.17) is 21.3 Å². The Morgan fingerprint density at radius 1 is 0.966 bits per heavy atom. The molecular formula is C22H31N2O3PS. The standard InChI is InChI=1S/C22H31N2O3PS/c1-4-19-12-14-21(15-13-19)23-22(29)24(17-16-20-10-8-7-9-11-20)18-28(25,26-5-2)27-6-3/h7-15H,4-6,16-18H2,1-3H3,(H,23,29). The van der Waals surface area contributed by atoms with Crippen molar-refractivity contribution in [3.8, 4) is 0 Å². The van der Waals surface area contributed by atoms with Gasteiger partial charge in [0.1, 0.15) is 6.29 Å². The molecule has 0 spiro atoms. The molecule has 0 aliphatic rings. The number of anilines is 1. The average Bonchev–Trinajstić information content (AvgIpc) is 2.72. The Morgan fingerprint density at radius 3 is 2.14 bits per heavy atom. The molecule has 158 valence electrons. The van der Waals surface area contributed by atoms with Gasteiger partial charge in [-0.1, -0.05) is 49.4 Å². The van der Waals surface area contributed by atoms with Crippen LogP contribution in [0.4, 0.5) is 5.69 Å². The largest absolute Gasteiger partial charge is 0.349 e. The van der Waals surface area contributed by atoms with Crippen LogP contribution in [0.2, 0.25) is 0 Å². The van der Waals surface area contributed by atoms with Gasteiger partial charge in [0.2, 0.25) is 0 Å². The first-order valence-corrected chi connectivity index (χ1v) is 12.2. The fourth-order valence-electron chi connectivity index (χ4n) is 2.89. The van der Waals surface area contributed by atoms with Gasteiger partial charge in [-0.15, -0.1) is 0 Å². The van der Waals surface area contributed by atoms with Gasteiger partial charge in [0.15, 0.2) is 5.11 Å². The van der Waals surface area contributed by atoms with Crippen LogP contribution in [-0.2, 0) is 26.5 Å². The van der Waals surface area contributed by atoms with Crippen molar-refractivity contribution < 1.29 is 13.6 Å². The molecule has 0 radical (unpaired) electrons. The second-order valence-electron chi connectivity index (χ2n) is 6.57. The molecule has 0 fully saturated rings.